The number of hydrogen-bond acceptors (Lipinski definition) is 5. The highest BCUT2D eigenvalue weighted by Gasteiger charge is 2.14. The lowest BCUT2D eigenvalue weighted by atomic mass is 9.94. The molecule has 0 fully saturated rings. The Morgan fingerprint density at radius 1 is 1.39 bits per heavy atom. The van der Waals surface area contributed by atoms with Gasteiger partial charge in [0, 0.05) is 26.6 Å². The smallest absolute Gasteiger partial charge is 0.226 e. The van der Waals surface area contributed by atoms with E-state index in [1.54, 1.807) is 7.11 Å². The summed E-state index contributed by atoms with van der Waals surface area (Å²) in [7, 11) is 1.69. The van der Waals surface area contributed by atoms with Gasteiger partial charge in [-0.1, -0.05) is 19.0 Å². The number of hydrogen-bond donors (Lipinski definition) is 1. The second kappa shape index (κ2) is 8.21. The fourth-order valence-electron chi connectivity index (χ4n) is 2.03. The standard InChI is InChI=1S/C13H25N3O2/c1-10(2)7-11(9-14)8-13-15-12(16-18-13)5-4-6-17-3/h10-11H,4-9,14H2,1-3H3. The molecule has 18 heavy (non-hydrogen) atoms. The van der Waals surface area contributed by atoms with Gasteiger partial charge in [-0.05, 0) is 31.2 Å². The number of rotatable bonds is 9. The van der Waals surface area contributed by atoms with Gasteiger partial charge >= 0.3 is 0 Å². The van der Waals surface area contributed by atoms with E-state index in [0.717, 1.165) is 38.1 Å². The average molecular weight is 255 g/mol. The minimum absolute atomic E-state index is 0.428. The molecule has 104 valence electrons. The monoisotopic (exact) mass is 255 g/mol. The lowest BCUT2D eigenvalue weighted by Gasteiger charge is -2.14. The minimum Gasteiger partial charge on any atom is -0.385 e. The van der Waals surface area contributed by atoms with Crippen LogP contribution in [0.15, 0.2) is 4.52 Å². The van der Waals surface area contributed by atoms with Crippen LogP contribution in [0.5, 0.6) is 0 Å². The third-order valence-corrected chi connectivity index (χ3v) is 2.86. The lowest BCUT2D eigenvalue weighted by Crippen LogP contribution is -2.19. The van der Waals surface area contributed by atoms with Crippen LogP contribution in [0.4, 0.5) is 0 Å². The molecule has 0 bridgehead atoms. The Morgan fingerprint density at radius 2 is 2.17 bits per heavy atom. The molecule has 0 aliphatic rings. The van der Waals surface area contributed by atoms with Crippen molar-refractivity contribution in [3.8, 4) is 0 Å². The summed E-state index contributed by atoms with van der Waals surface area (Å²) >= 11 is 0. The highest BCUT2D eigenvalue weighted by atomic mass is 16.5. The van der Waals surface area contributed by atoms with Crippen LogP contribution in [0.25, 0.3) is 0 Å². The first-order valence-electron chi connectivity index (χ1n) is 6.66. The molecule has 0 saturated carbocycles. The maximum absolute atomic E-state index is 5.77. The van der Waals surface area contributed by atoms with Crippen molar-refractivity contribution in [2.75, 3.05) is 20.3 Å². The van der Waals surface area contributed by atoms with E-state index in [4.69, 9.17) is 15.0 Å². The quantitative estimate of drug-likeness (QED) is 0.681. The predicted molar refractivity (Wildman–Crippen MR) is 70.2 cm³/mol. The largest absolute Gasteiger partial charge is 0.385 e. The second-order valence-corrected chi connectivity index (χ2v) is 5.14. The van der Waals surface area contributed by atoms with Crippen molar-refractivity contribution in [1.29, 1.82) is 0 Å². The zero-order chi connectivity index (χ0) is 13.4. The number of aryl methyl sites for hydroxylation is 1. The van der Waals surface area contributed by atoms with Gasteiger partial charge in [-0.25, -0.2) is 0 Å². The summed E-state index contributed by atoms with van der Waals surface area (Å²) in [6, 6.07) is 0. The van der Waals surface area contributed by atoms with Crippen molar-refractivity contribution >= 4 is 0 Å². The summed E-state index contributed by atoms with van der Waals surface area (Å²) in [5, 5.41) is 3.97. The van der Waals surface area contributed by atoms with Crippen molar-refractivity contribution in [1.82, 2.24) is 10.1 Å². The molecule has 0 aliphatic carbocycles. The number of methoxy groups -OCH3 is 1. The summed E-state index contributed by atoms with van der Waals surface area (Å²) in [5.41, 5.74) is 5.77. The van der Waals surface area contributed by atoms with Crippen molar-refractivity contribution in [2.24, 2.45) is 17.6 Å². The molecule has 0 radical (unpaired) electrons. The molecule has 2 N–H and O–H groups in total. The average Bonchev–Trinajstić information content (AvgIpc) is 2.76. The first-order valence-corrected chi connectivity index (χ1v) is 6.66. The normalized spacial score (nSPS) is 13.2. The van der Waals surface area contributed by atoms with Crippen LogP contribution < -0.4 is 5.73 Å². The fourth-order valence-corrected chi connectivity index (χ4v) is 2.03. The van der Waals surface area contributed by atoms with Crippen molar-refractivity contribution in [3.63, 3.8) is 0 Å². The summed E-state index contributed by atoms with van der Waals surface area (Å²) in [6.45, 7) is 5.79. The Morgan fingerprint density at radius 3 is 2.78 bits per heavy atom. The zero-order valence-electron chi connectivity index (χ0n) is 11.7. The third kappa shape index (κ3) is 5.60. The molecule has 1 atom stereocenters. The van der Waals surface area contributed by atoms with Crippen LogP contribution in [0.3, 0.4) is 0 Å². The molecule has 0 aromatic carbocycles. The predicted octanol–water partition coefficient (Wildman–Crippen LogP) is 1.81. The molecule has 0 spiro atoms. The molecule has 1 rings (SSSR count). The molecule has 1 aromatic rings. The molecule has 5 nitrogen and oxygen atoms in total. The molecule has 0 aliphatic heterocycles. The first kappa shape index (κ1) is 15.1. The van der Waals surface area contributed by atoms with Gasteiger partial charge in [-0.2, -0.15) is 4.98 Å². The van der Waals surface area contributed by atoms with E-state index in [9.17, 15) is 0 Å². The Labute approximate surface area is 109 Å². The molecule has 5 heteroatoms. The van der Waals surface area contributed by atoms with Crippen molar-refractivity contribution < 1.29 is 9.26 Å². The molecule has 1 aromatic heterocycles. The van der Waals surface area contributed by atoms with Gasteiger partial charge in [-0.3, -0.25) is 0 Å². The van der Waals surface area contributed by atoms with Crippen LogP contribution in [-0.4, -0.2) is 30.4 Å². The van der Waals surface area contributed by atoms with Gasteiger partial charge in [0.2, 0.25) is 5.89 Å². The Bertz CT molecular complexity index is 326. The van der Waals surface area contributed by atoms with Crippen LogP contribution >= 0.6 is 0 Å². The molecule has 0 amide bonds. The number of nitrogens with two attached hydrogens (primary N) is 1. The summed E-state index contributed by atoms with van der Waals surface area (Å²) in [5.74, 6) is 2.54. The summed E-state index contributed by atoms with van der Waals surface area (Å²) in [6.07, 6.45) is 3.60. The maximum Gasteiger partial charge on any atom is 0.226 e. The van der Waals surface area contributed by atoms with Gasteiger partial charge in [-0.15, -0.1) is 0 Å². The second-order valence-electron chi connectivity index (χ2n) is 5.14. The van der Waals surface area contributed by atoms with E-state index in [2.05, 4.69) is 24.0 Å². The topological polar surface area (TPSA) is 74.2 Å². The Balaban J connectivity index is 2.41. The zero-order valence-corrected chi connectivity index (χ0v) is 11.7. The number of ether oxygens (including phenoxy) is 1. The van der Waals surface area contributed by atoms with Crippen molar-refractivity contribution in [2.45, 2.75) is 39.5 Å². The number of aromatic nitrogens is 2. The lowest BCUT2D eigenvalue weighted by molar-refractivity contribution is 0.194. The van der Waals surface area contributed by atoms with Crippen LogP contribution in [0, 0.1) is 11.8 Å². The van der Waals surface area contributed by atoms with E-state index in [0.29, 0.717) is 24.3 Å². The van der Waals surface area contributed by atoms with Gasteiger partial charge in [0.1, 0.15) is 0 Å². The summed E-state index contributed by atoms with van der Waals surface area (Å²) < 4.78 is 10.2. The van der Waals surface area contributed by atoms with Crippen molar-refractivity contribution in [3.05, 3.63) is 11.7 Å². The minimum atomic E-state index is 0.428. The highest BCUT2D eigenvalue weighted by Crippen LogP contribution is 2.15. The Hall–Kier alpha value is -0.940. The van der Waals surface area contributed by atoms with Crippen LogP contribution in [0.1, 0.15) is 38.4 Å². The van der Waals surface area contributed by atoms with Crippen LogP contribution in [-0.2, 0) is 17.6 Å². The maximum atomic E-state index is 5.77. The Kier molecular flexibility index (Phi) is 6.90. The first-order chi connectivity index (χ1) is 8.65. The summed E-state index contributed by atoms with van der Waals surface area (Å²) in [4.78, 5) is 4.39. The van der Waals surface area contributed by atoms with Crippen LogP contribution in [0.2, 0.25) is 0 Å². The van der Waals surface area contributed by atoms with Gasteiger partial charge in [0.25, 0.3) is 0 Å². The van der Waals surface area contributed by atoms with E-state index >= 15 is 0 Å². The number of nitrogens with zero attached hydrogens (tertiary/aromatic N) is 2. The molecule has 0 saturated heterocycles. The van der Waals surface area contributed by atoms with E-state index in [-0.39, 0.29) is 0 Å². The van der Waals surface area contributed by atoms with E-state index in [1.165, 1.54) is 0 Å². The van der Waals surface area contributed by atoms with Gasteiger partial charge < -0.3 is 15.0 Å². The SMILES string of the molecule is COCCCc1noc(CC(CN)CC(C)C)n1. The fraction of sp³-hybridized carbons (Fsp3) is 0.846. The van der Waals surface area contributed by atoms with Gasteiger partial charge in [0.05, 0.1) is 0 Å². The van der Waals surface area contributed by atoms with Gasteiger partial charge in [0.15, 0.2) is 5.82 Å². The highest BCUT2D eigenvalue weighted by molar-refractivity contribution is 4.88. The molecular weight excluding hydrogens is 230 g/mol. The van der Waals surface area contributed by atoms with E-state index < -0.39 is 0 Å². The third-order valence-electron chi connectivity index (χ3n) is 2.86. The van der Waals surface area contributed by atoms with E-state index in [1.807, 2.05) is 0 Å². The molecular formula is C13H25N3O2. The molecule has 1 heterocycles. The molecule has 1 unspecified atom stereocenters.